The van der Waals surface area contributed by atoms with Crippen molar-refractivity contribution in [1.29, 1.82) is 5.26 Å². The van der Waals surface area contributed by atoms with Gasteiger partial charge in [0.25, 0.3) is 0 Å². The first-order chi connectivity index (χ1) is 12.9. The summed E-state index contributed by atoms with van der Waals surface area (Å²) in [6.07, 6.45) is 1.71. The molecule has 0 bridgehead atoms. The summed E-state index contributed by atoms with van der Waals surface area (Å²) in [5.74, 6) is 0.102. The van der Waals surface area contributed by atoms with Gasteiger partial charge in [-0.2, -0.15) is 5.26 Å². The van der Waals surface area contributed by atoms with E-state index in [-0.39, 0.29) is 11.0 Å². The van der Waals surface area contributed by atoms with Crippen LogP contribution in [-0.4, -0.2) is 21.7 Å². The summed E-state index contributed by atoms with van der Waals surface area (Å²) >= 11 is 6.24. The van der Waals surface area contributed by atoms with Gasteiger partial charge in [-0.15, -0.1) is 10.2 Å². The summed E-state index contributed by atoms with van der Waals surface area (Å²) in [7, 11) is 0. The fourth-order valence-corrected chi connectivity index (χ4v) is 3.02. The van der Waals surface area contributed by atoms with E-state index >= 15 is 0 Å². The van der Waals surface area contributed by atoms with E-state index in [1.54, 1.807) is 24.4 Å². The van der Waals surface area contributed by atoms with Gasteiger partial charge in [0.05, 0.1) is 28.0 Å². The summed E-state index contributed by atoms with van der Waals surface area (Å²) in [6, 6.07) is 13.1. The van der Waals surface area contributed by atoms with Crippen molar-refractivity contribution in [1.82, 2.24) is 15.2 Å². The Bertz CT molecular complexity index is 996. The lowest BCUT2D eigenvalue weighted by molar-refractivity contribution is 0.537. The molecule has 0 unspecified atom stereocenters. The zero-order valence-electron chi connectivity index (χ0n) is 14.9. The molecule has 0 spiro atoms. The second-order valence-electron chi connectivity index (χ2n) is 6.68. The number of benzene rings is 1. The average molecular weight is 382 g/mol. The normalized spacial score (nSPS) is 11.1. The molecule has 0 aliphatic rings. The standard InChI is InChI=1S/C20H17ClFN5/c1-20(2,19-15(21)4-3-9-24-19)12-25-18-8-7-17(26-27-18)14-10-13(11-23)5-6-16(14)22/h3-10H,12H2,1-2H3,(H,25,27). The predicted molar refractivity (Wildman–Crippen MR) is 103 cm³/mol. The van der Waals surface area contributed by atoms with E-state index in [0.29, 0.717) is 28.6 Å². The molecule has 2 aromatic heterocycles. The van der Waals surface area contributed by atoms with E-state index < -0.39 is 5.82 Å². The number of anilines is 1. The Morgan fingerprint density at radius 1 is 1.19 bits per heavy atom. The average Bonchev–Trinajstić information content (AvgIpc) is 2.67. The predicted octanol–water partition coefficient (Wildman–Crippen LogP) is 4.59. The van der Waals surface area contributed by atoms with Gasteiger partial charge < -0.3 is 5.32 Å². The highest BCUT2D eigenvalue weighted by atomic mass is 35.5. The molecule has 0 radical (unpaired) electrons. The molecule has 0 atom stereocenters. The van der Waals surface area contributed by atoms with E-state index in [9.17, 15) is 4.39 Å². The number of rotatable bonds is 5. The first kappa shape index (κ1) is 18.7. The second kappa shape index (κ2) is 7.68. The molecule has 1 N–H and O–H groups in total. The molecule has 0 aliphatic heterocycles. The molecule has 7 heteroatoms. The summed E-state index contributed by atoms with van der Waals surface area (Å²) in [5.41, 5.74) is 1.44. The van der Waals surface area contributed by atoms with E-state index in [1.807, 2.05) is 26.0 Å². The monoisotopic (exact) mass is 381 g/mol. The number of nitrogens with one attached hydrogen (secondary N) is 1. The number of nitriles is 1. The van der Waals surface area contributed by atoms with Crippen molar-refractivity contribution >= 4 is 17.4 Å². The maximum absolute atomic E-state index is 14.0. The number of hydrogen-bond acceptors (Lipinski definition) is 5. The van der Waals surface area contributed by atoms with Crippen LogP contribution in [-0.2, 0) is 5.41 Å². The smallest absolute Gasteiger partial charge is 0.148 e. The quantitative estimate of drug-likeness (QED) is 0.699. The van der Waals surface area contributed by atoms with Gasteiger partial charge in [0.15, 0.2) is 0 Å². The molecule has 0 saturated heterocycles. The van der Waals surface area contributed by atoms with Crippen molar-refractivity contribution in [2.24, 2.45) is 0 Å². The van der Waals surface area contributed by atoms with Crippen LogP contribution in [0.5, 0.6) is 0 Å². The Morgan fingerprint density at radius 3 is 2.67 bits per heavy atom. The largest absolute Gasteiger partial charge is 0.368 e. The molecule has 136 valence electrons. The fourth-order valence-electron chi connectivity index (χ4n) is 2.64. The number of nitrogens with zero attached hydrogens (tertiary/aromatic N) is 4. The fraction of sp³-hybridized carbons (Fsp3) is 0.200. The minimum atomic E-state index is -0.449. The molecule has 3 rings (SSSR count). The van der Waals surface area contributed by atoms with Crippen molar-refractivity contribution in [2.45, 2.75) is 19.3 Å². The van der Waals surface area contributed by atoms with Gasteiger partial charge in [0, 0.05) is 23.7 Å². The van der Waals surface area contributed by atoms with Crippen LogP contribution in [0.15, 0.2) is 48.7 Å². The van der Waals surface area contributed by atoms with Crippen molar-refractivity contribution in [2.75, 3.05) is 11.9 Å². The molecule has 0 fully saturated rings. The third kappa shape index (κ3) is 4.21. The Morgan fingerprint density at radius 2 is 2.00 bits per heavy atom. The van der Waals surface area contributed by atoms with Crippen molar-refractivity contribution in [3.63, 3.8) is 0 Å². The molecule has 1 aromatic carbocycles. The van der Waals surface area contributed by atoms with Crippen LogP contribution < -0.4 is 5.32 Å². The molecule has 2 heterocycles. The van der Waals surface area contributed by atoms with Gasteiger partial charge in [-0.05, 0) is 42.5 Å². The van der Waals surface area contributed by atoms with Crippen LogP contribution in [0.25, 0.3) is 11.3 Å². The second-order valence-corrected chi connectivity index (χ2v) is 7.09. The number of pyridine rings is 1. The van der Waals surface area contributed by atoms with Crippen LogP contribution in [0.1, 0.15) is 25.1 Å². The van der Waals surface area contributed by atoms with Crippen LogP contribution in [0.4, 0.5) is 10.2 Å². The van der Waals surface area contributed by atoms with E-state index in [2.05, 4.69) is 20.5 Å². The van der Waals surface area contributed by atoms with E-state index in [0.717, 1.165) is 5.69 Å². The minimum Gasteiger partial charge on any atom is -0.368 e. The van der Waals surface area contributed by atoms with Gasteiger partial charge in [-0.3, -0.25) is 4.98 Å². The van der Waals surface area contributed by atoms with Crippen LogP contribution in [0, 0.1) is 17.1 Å². The maximum Gasteiger partial charge on any atom is 0.148 e. The van der Waals surface area contributed by atoms with Gasteiger partial charge >= 0.3 is 0 Å². The molecular weight excluding hydrogens is 365 g/mol. The molecule has 0 saturated carbocycles. The highest BCUT2D eigenvalue weighted by Crippen LogP contribution is 2.28. The lowest BCUT2D eigenvalue weighted by Gasteiger charge is -2.25. The molecule has 0 amide bonds. The zero-order valence-corrected chi connectivity index (χ0v) is 15.6. The molecule has 27 heavy (non-hydrogen) atoms. The van der Waals surface area contributed by atoms with Gasteiger partial charge in [0.1, 0.15) is 11.6 Å². The van der Waals surface area contributed by atoms with Gasteiger partial charge in [-0.1, -0.05) is 25.4 Å². The van der Waals surface area contributed by atoms with Crippen LogP contribution in [0.3, 0.4) is 0 Å². The number of halogens is 2. The SMILES string of the molecule is CC(C)(CNc1ccc(-c2cc(C#N)ccc2F)nn1)c1ncccc1Cl. The number of aromatic nitrogens is 3. The number of hydrogen-bond donors (Lipinski definition) is 1. The van der Waals surface area contributed by atoms with E-state index in [4.69, 9.17) is 16.9 Å². The third-order valence-corrected chi connectivity index (χ3v) is 4.45. The van der Waals surface area contributed by atoms with Gasteiger partial charge in [-0.25, -0.2) is 4.39 Å². The Labute approximate surface area is 161 Å². The first-order valence-corrected chi connectivity index (χ1v) is 8.67. The molecule has 0 aliphatic carbocycles. The van der Waals surface area contributed by atoms with E-state index in [1.165, 1.54) is 18.2 Å². The highest BCUT2D eigenvalue weighted by Gasteiger charge is 2.24. The molecule has 3 aromatic rings. The summed E-state index contributed by atoms with van der Waals surface area (Å²) in [4.78, 5) is 4.37. The minimum absolute atomic E-state index is 0.244. The Hall–Kier alpha value is -3.04. The Kier molecular flexibility index (Phi) is 5.33. The van der Waals surface area contributed by atoms with Crippen molar-refractivity contribution in [3.05, 3.63) is 70.8 Å². The Balaban J connectivity index is 1.75. The lowest BCUT2D eigenvalue weighted by Crippen LogP contribution is -2.29. The zero-order chi connectivity index (χ0) is 19.4. The lowest BCUT2D eigenvalue weighted by atomic mass is 9.88. The summed E-state index contributed by atoms with van der Waals surface area (Å²) < 4.78 is 14.0. The van der Waals surface area contributed by atoms with Crippen LogP contribution >= 0.6 is 11.6 Å². The summed E-state index contributed by atoms with van der Waals surface area (Å²) in [6.45, 7) is 4.59. The molecular formula is C20H17ClFN5. The van der Waals surface area contributed by atoms with Crippen LogP contribution in [0.2, 0.25) is 5.02 Å². The summed E-state index contributed by atoms with van der Waals surface area (Å²) in [5, 5.41) is 21.0. The first-order valence-electron chi connectivity index (χ1n) is 8.29. The highest BCUT2D eigenvalue weighted by molar-refractivity contribution is 6.31. The van der Waals surface area contributed by atoms with Crippen molar-refractivity contribution in [3.8, 4) is 17.3 Å². The third-order valence-electron chi connectivity index (χ3n) is 4.15. The maximum atomic E-state index is 14.0. The van der Waals surface area contributed by atoms with Gasteiger partial charge in [0.2, 0.25) is 0 Å². The topological polar surface area (TPSA) is 74.5 Å². The van der Waals surface area contributed by atoms with Crippen molar-refractivity contribution < 1.29 is 4.39 Å². The molecule has 5 nitrogen and oxygen atoms in total.